The molecule has 0 unspecified atom stereocenters. The first-order valence-electron chi connectivity index (χ1n) is 7.73. The third-order valence-electron chi connectivity index (χ3n) is 3.35. The summed E-state index contributed by atoms with van der Waals surface area (Å²) < 4.78 is 21.7. The molecule has 0 fully saturated rings. The number of primary sulfonamides is 1. The van der Waals surface area contributed by atoms with Gasteiger partial charge in [-0.05, 0) is 25.8 Å². The Morgan fingerprint density at radius 1 is 0.947 bits per heavy atom. The highest BCUT2D eigenvalue weighted by molar-refractivity contribution is 7.89. The topological polar surface area (TPSA) is 72.2 Å². The fraction of sp³-hybridized carbons (Fsp3) is 1.00. The van der Waals surface area contributed by atoms with Crippen molar-refractivity contribution >= 4 is 10.0 Å². The lowest BCUT2D eigenvalue weighted by Gasteiger charge is -2.18. The van der Waals surface area contributed by atoms with Crippen LogP contribution in [0.3, 0.4) is 0 Å². The molecular weight excluding hydrogens is 260 g/mol. The predicted molar refractivity (Wildman–Crippen MR) is 82.7 cm³/mol. The zero-order valence-electron chi connectivity index (χ0n) is 12.7. The van der Waals surface area contributed by atoms with Gasteiger partial charge in [0.25, 0.3) is 0 Å². The first kappa shape index (κ1) is 18.9. The summed E-state index contributed by atoms with van der Waals surface area (Å²) in [5, 5.41) is 8.48. The van der Waals surface area contributed by atoms with E-state index in [-0.39, 0.29) is 5.75 Å². The van der Waals surface area contributed by atoms with E-state index in [1.807, 2.05) is 0 Å². The first-order chi connectivity index (χ1) is 8.99. The minimum absolute atomic E-state index is 0.0800. The van der Waals surface area contributed by atoms with Gasteiger partial charge in [0, 0.05) is 6.04 Å². The van der Waals surface area contributed by atoms with Gasteiger partial charge in [0.1, 0.15) is 0 Å². The molecule has 19 heavy (non-hydrogen) atoms. The SMILES string of the molecule is CCCCCC(CCCCC)NCCCS(N)(=O)=O. The summed E-state index contributed by atoms with van der Waals surface area (Å²) in [5.74, 6) is 0.0800. The fourth-order valence-corrected chi connectivity index (χ4v) is 2.76. The van der Waals surface area contributed by atoms with Crippen molar-refractivity contribution in [1.82, 2.24) is 5.32 Å². The van der Waals surface area contributed by atoms with Gasteiger partial charge in [0.2, 0.25) is 10.0 Å². The quantitative estimate of drug-likeness (QED) is 0.513. The van der Waals surface area contributed by atoms with Crippen LogP contribution in [0.5, 0.6) is 0 Å². The molecule has 0 aliphatic rings. The van der Waals surface area contributed by atoms with Crippen molar-refractivity contribution in [1.29, 1.82) is 0 Å². The van der Waals surface area contributed by atoms with Crippen molar-refractivity contribution in [3.05, 3.63) is 0 Å². The summed E-state index contributed by atoms with van der Waals surface area (Å²) in [6, 6.07) is 0.540. The summed E-state index contributed by atoms with van der Waals surface area (Å²) in [6.07, 6.45) is 10.6. The Morgan fingerprint density at radius 3 is 1.89 bits per heavy atom. The zero-order chi connectivity index (χ0) is 14.6. The standard InChI is InChI=1S/C14H32N2O2S/c1-3-5-7-10-14(11-8-6-4-2)16-12-9-13-19(15,17)18/h14,16H,3-13H2,1-2H3,(H2,15,17,18). The Labute approximate surface area is 119 Å². The third-order valence-corrected chi connectivity index (χ3v) is 4.21. The molecule has 0 atom stereocenters. The van der Waals surface area contributed by atoms with E-state index in [4.69, 9.17) is 5.14 Å². The maximum absolute atomic E-state index is 10.8. The zero-order valence-corrected chi connectivity index (χ0v) is 13.5. The maximum atomic E-state index is 10.8. The fourth-order valence-electron chi connectivity index (χ4n) is 2.21. The highest BCUT2D eigenvalue weighted by Gasteiger charge is 2.08. The average molecular weight is 292 g/mol. The second-order valence-corrected chi connectivity index (χ2v) is 7.10. The number of nitrogens with one attached hydrogen (secondary N) is 1. The van der Waals surface area contributed by atoms with Gasteiger partial charge in [-0.3, -0.25) is 0 Å². The van der Waals surface area contributed by atoms with Crippen LogP contribution in [0.15, 0.2) is 0 Å². The number of hydrogen-bond acceptors (Lipinski definition) is 3. The Bertz CT molecular complexity index is 282. The summed E-state index contributed by atoms with van der Waals surface area (Å²) >= 11 is 0. The van der Waals surface area contributed by atoms with Crippen LogP contribution in [0.4, 0.5) is 0 Å². The lowest BCUT2D eigenvalue weighted by molar-refractivity contribution is 0.419. The van der Waals surface area contributed by atoms with Crippen LogP contribution in [-0.4, -0.2) is 26.8 Å². The van der Waals surface area contributed by atoms with E-state index in [2.05, 4.69) is 19.2 Å². The van der Waals surface area contributed by atoms with Crippen molar-refractivity contribution < 1.29 is 8.42 Å². The molecule has 0 aromatic carbocycles. The van der Waals surface area contributed by atoms with Crippen molar-refractivity contribution in [2.24, 2.45) is 5.14 Å². The molecule has 0 aliphatic carbocycles. The first-order valence-corrected chi connectivity index (χ1v) is 9.45. The van der Waals surface area contributed by atoms with Gasteiger partial charge in [-0.2, -0.15) is 0 Å². The van der Waals surface area contributed by atoms with Gasteiger partial charge in [-0.15, -0.1) is 0 Å². The molecule has 0 aromatic heterocycles. The summed E-state index contributed by atoms with van der Waals surface area (Å²) in [6.45, 7) is 5.18. The molecule has 0 saturated heterocycles. The lowest BCUT2D eigenvalue weighted by Crippen LogP contribution is -2.31. The predicted octanol–water partition coefficient (Wildman–Crippen LogP) is 2.78. The van der Waals surface area contributed by atoms with Crippen LogP contribution in [0, 0.1) is 0 Å². The Morgan fingerprint density at radius 2 is 1.47 bits per heavy atom. The third kappa shape index (κ3) is 14.1. The minimum Gasteiger partial charge on any atom is -0.314 e. The van der Waals surface area contributed by atoms with Gasteiger partial charge >= 0.3 is 0 Å². The van der Waals surface area contributed by atoms with Crippen LogP contribution in [-0.2, 0) is 10.0 Å². The van der Waals surface area contributed by atoms with Crippen molar-refractivity contribution in [2.45, 2.75) is 77.7 Å². The van der Waals surface area contributed by atoms with E-state index >= 15 is 0 Å². The van der Waals surface area contributed by atoms with Crippen LogP contribution in [0.2, 0.25) is 0 Å². The molecule has 0 amide bonds. The molecule has 0 spiro atoms. The van der Waals surface area contributed by atoms with E-state index in [1.165, 1.54) is 51.4 Å². The van der Waals surface area contributed by atoms with Crippen LogP contribution >= 0.6 is 0 Å². The highest BCUT2D eigenvalue weighted by Crippen LogP contribution is 2.11. The van der Waals surface area contributed by atoms with E-state index in [0.717, 1.165) is 6.54 Å². The molecule has 0 saturated carbocycles. The van der Waals surface area contributed by atoms with Crippen LogP contribution in [0.25, 0.3) is 0 Å². The number of hydrogen-bond donors (Lipinski definition) is 2. The van der Waals surface area contributed by atoms with Crippen molar-refractivity contribution in [2.75, 3.05) is 12.3 Å². The van der Waals surface area contributed by atoms with E-state index in [1.54, 1.807) is 0 Å². The lowest BCUT2D eigenvalue weighted by atomic mass is 10.0. The number of unbranched alkanes of at least 4 members (excludes halogenated alkanes) is 4. The second kappa shape index (κ2) is 11.7. The molecule has 0 radical (unpaired) electrons. The average Bonchev–Trinajstić information content (AvgIpc) is 2.33. The molecule has 0 aliphatic heterocycles. The number of nitrogens with two attached hydrogens (primary N) is 1. The number of rotatable bonds is 13. The van der Waals surface area contributed by atoms with Gasteiger partial charge in [-0.25, -0.2) is 13.6 Å². The molecule has 116 valence electrons. The van der Waals surface area contributed by atoms with E-state index in [0.29, 0.717) is 12.5 Å². The molecule has 5 heteroatoms. The number of sulfonamides is 1. The van der Waals surface area contributed by atoms with Gasteiger partial charge in [-0.1, -0.05) is 52.4 Å². The smallest absolute Gasteiger partial charge is 0.209 e. The van der Waals surface area contributed by atoms with Crippen molar-refractivity contribution in [3.8, 4) is 0 Å². The largest absolute Gasteiger partial charge is 0.314 e. The second-order valence-electron chi connectivity index (χ2n) is 5.36. The molecule has 0 aromatic rings. The highest BCUT2D eigenvalue weighted by atomic mass is 32.2. The minimum atomic E-state index is -3.30. The molecule has 0 heterocycles. The molecule has 0 rings (SSSR count). The van der Waals surface area contributed by atoms with Gasteiger partial charge in [0.05, 0.1) is 5.75 Å². The van der Waals surface area contributed by atoms with Crippen molar-refractivity contribution in [3.63, 3.8) is 0 Å². The Hall–Kier alpha value is -0.130. The normalized spacial score (nSPS) is 12.2. The molecule has 0 bridgehead atoms. The summed E-state index contributed by atoms with van der Waals surface area (Å²) in [7, 11) is -3.30. The summed E-state index contributed by atoms with van der Waals surface area (Å²) in [4.78, 5) is 0. The van der Waals surface area contributed by atoms with Gasteiger partial charge < -0.3 is 5.32 Å². The van der Waals surface area contributed by atoms with E-state index in [9.17, 15) is 8.42 Å². The van der Waals surface area contributed by atoms with E-state index < -0.39 is 10.0 Å². The Kier molecular flexibility index (Phi) is 11.6. The molecule has 3 N–H and O–H groups in total. The molecular formula is C14H32N2O2S. The van der Waals surface area contributed by atoms with Gasteiger partial charge in [0.15, 0.2) is 0 Å². The summed E-state index contributed by atoms with van der Waals surface area (Å²) in [5.41, 5.74) is 0. The van der Waals surface area contributed by atoms with Crippen LogP contribution in [0.1, 0.15) is 71.6 Å². The molecule has 4 nitrogen and oxygen atoms in total. The monoisotopic (exact) mass is 292 g/mol. The van der Waals surface area contributed by atoms with Crippen LogP contribution < -0.4 is 10.5 Å². The Balaban J connectivity index is 3.82. The maximum Gasteiger partial charge on any atom is 0.209 e.